The molecule has 0 heterocycles. The van der Waals surface area contributed by atoms with Crippen LogP contribution in [0.3, 0.4) is 0 Å². The summed E-state index contributed by atoms with van der Waals surface area (Å²) in [7, 11) is 0. The summed E-state index contributed by atoms with van der Waals surface area (Å²) < 4.78 is 5.73. The molecule has 1 aromatic rings. The van der Waals surface area contributed by atoms with Crippen LogP contribution in [-0.4, -0.2) is 17.6 Å². The molecule has 0 aliphatic rings. The number of rotatable bonds is 6. The number of nitrogens with zero attached hydrogens (tertiary/aromatic N) is 1. The van der Waals surface area contributed by atoms with E-state index in [1.165, 1.54) is 0 Å². The van der Waals surface area contributed by atoms with Crippen molar-refractivity contribution in [2.45, 2.75) is 40.5 Å². The number of ether oxygens (including phenoxy) is 1. The van der Waals surface area contributed by atoms with E-state index in [1.54, 1.807) is 0 Å². The molecule has 0 bridgehead atoms. The summed E-state index contributed by atoms with van der Waals surface area (Å²) in [5.74, 6) is 1.07. The lowest BCUT2D eigenvalue weighted by Gasteiger charge is -2.22. The maximum absolute atomic E-state index is 8.71. The van der Waals surface area contributed by atoms with Crippen molar-refractivity contribution < 1.29 is 9.94 Å². The van der Waals surface area contributed by atoms with E-state index in [2.05, 4.69) is 5.16 Å². The number of halogens is 1. The van der Waals surface area contributed by atoms with Gasteiger partial charge in [0.25, 0.3) is 0 Å². The third-order valence-electron chi connectivity index (χ3n) is 3.43. The molecule has 4 nitrogen and oxygen atoms in total. The molecule has 0 radical (unpaired) electrons. The molecule has 0 aliphatic carbocycles. The first kappa shape index (κ1) is 16.6. The van der Waals surface area contributed by atoms with Crippen molar-refractivity contribution in [2.75, 3.05) is 6.61 Å². The predicted molar refractivity (Wildman–Crippen MR) is 82.8 cm³/mol. The largest absolute Gasteiger partial charge is 0.494 e. The van der Waals surface area contributed by atoms with Crippen LogP contribution in [0.25, 0.3) is 0 Å². The van der Waals surface area contributed by atoms with Crippen LogP contribution in [0.4, 0.5) is 0 Å². The van der Waals surface area contributed by atoms with E-state index < -0.39 is 0 Å². The third-order valence-corrected chi connectivity index (χ3v) is 4.02. The number of oxime groups is 1. The maximum atomic E-state index is 8.71. The number of aryl methyl sites for hydroxylation is 2. The second-order valence-corrected chi connectivity index (χ2v) is 6.07. The molecule has 3 N–H and O–H groups in total. The summed E-state index contributed by atoms with van der Waals surface area (Å²) in [5.41, 5.74) is 7.34. The highest BCUT2D eigenvalue weighted by Crippen LogP contribution is 2.27. The summed E-state index contributed by atoms with van der Waals surface area (Å²) in [6.45, 7) is 8.40. The number of benzene rings is 1. The minimum absolute atomic E-state index is 0.246. The lowest BCUT2D eigenvalue weighted by Crippen LogP contribution is -2.32. The molecule has 1 rings (SSSR count). The fourth-order valence-electron chi connectivity index (χ4n) is 1.96. The Morgan fingerprint density at radius 3 is 2.40 bits per heavy atom. The van der Waals surface area contributed by atoms with Crippen molar-refractivity contribution in [1.82, 2.24) is 0 Å². The standard InChI is InChI=1S/C15H23ClN2O2/c1-10-8-12(9-11(2)13(10)16)20-7-5-6-15(3,4)14(17)18-19/h8-9,19H,5-7H2,1-4H3,(H2,17,18). The summed E-state index contributed by atoms with van der Waals surface area (Å²) in [6.07, 6.45) is 1.61. The Bertz CT molecular complexity index is 476. The predicted octanol–water partition coefficient (Wildman–Crippen LogP) is 3.89. The fourth-order valence-corrected chi connectivity index (χ4v) is 2.07. The summed E-state index contributed by atoms with van der Waals surface area (Å²) >= 11 is 6.12. The zero-order valence-corrected chi connectivity index (χ0v) is 13.3. The Morgan fingerprint density at radius 2 is 1.90 bits per heavy atom. The fraction of sp³-hybridized carbons (Fsp3) is 0.533. The van der Waals surface area contributed by atoms with Crippen LogP contribution in [0.2, 0.25) is 5.02 Å². The van der Waals surface area contributed by atoms with Crippen LogP contribution in [0, 0.1) is 19.3 Å². The van der Waals surface area contributed by atoms with Crippen molar-refractivity contribution in [2.24, 2.45) is 16.3 Å². The van der Waals surface area contributed by atoms with Crippen LogP contribution in [0.15, 0.2) is 17.3 Å². The van der Waals surface area contributed by atoms with Gasteiger partial charge in [-0.1, -0.05) is 30.6 Å². The van der Waals surface area contributed by atoms with Gasteiger partial charge in [-0.15, -0.1) is 0 Å². The zero-order chi connectivity index (χ0) is 15.3. The molecule has 0 amide bonds. The summed E-state index contributed by atoms with van der Waals surface area (Å²) in [6, 6.07) is 3.87. The molecule has 112 valence electrons. The van der Waals surface area contributed by atoms with Gasteiger partial charge < -0.3 is 15.7 Å². The molecule has 0 saturated heterocycles. The molecule has 0 fully saturated rings. The highest BCUT2D eigenvalue weighted by Gasteiger charge is 2.22. The molecule has 0 unspecified atom stereocenters. The first-order chi connectivity index (χ1) is 9.27. The number of amidine groups is 1. The molecule has 1 aromatic carbocycles. The molecule has 0 atom stereocenters. The molecule has 5 heteroatoms. The molecule has 0 saturated carbocycles. The molecule has 0 aromatic heterocycles. The van der Waals surface area contributed by atoms with Crippen LogP contribution < -0.4 is 10.5 Å². The van der Waals surface area contributed by atoms with Gasteiger partial charge >= 0.3 is 0 Å². The Morgan fingerprint density at radius 1 is 1.35 bits per heavy atom. The third kappa shape index (κ3) is 4.30. The van der Waals surface area contributed by atoms with E-state index in [4.69, 9.17) is 27.3 Å². The van der Waals surface area contributed by atoms with E-state index in [1.807, 2.05) is 39.8 Å². The number of hydrogen-bond acceptors (Lipinski definition) is 3. The minimum atomic E-state index is -0.329. The SMILES string of the molecule is Cc1cc(OCCCC(C)(C)C(N)=NO)cc(C)c1Cl. The van der Waals surface area contributed by atoms with Crippen molar-refractivity contribution in [3.8, 4) is 5.75 Å². The lowest BCUT2D eigenvalue weighted by atomic mass is 9.87. The zero-order valence-electron chi connectivity index (χ0n) is 12.5. The minimum Gasteiger partial charge on any atom is -0.494 e. The van der Waals surface area contributed by atoms with E-state index in [-0.39, 0.29) is 11.3 Å². The van der Waals surface area contributed by atoms with Gasteiger partial charge in [-0.05, 0) is 49.9 Å². The van der Waals surface area contributed by atoms with Crippen molar-refractivity contribution in [3.05, 3.63) is 28.3 Å². The van der Waals surface area contributed by atoms with Crippen LogP contribution in [-0.2, 0) is 0 Å². The Labute approximate surface area is 125 Å². The van der Waals surface area contributed by atoms with Gasteiger partial charge in [-0.2, -0.15) is 0 Å². The Kier molecular flexibility index (Phi) is 5.69. The maximum Gasteiger partial charge on any atom is 0.144 e. The van der Waals surface area contributed by atoms with Gasteiger partial charge in [0.1, 0.15) is 11.6 Å². The second-order valence-electron chi connectivity index (χ2n) is 5.69. The van der Waals surface area contributed by atoms with Gasteiger partial charge in [-0.25, -0.2) is 0 Å². The van der Waals surface area contributed by atoms with Crippen molar-refractivity contribution >= 4 is 17.4 Å². The molecule has 20 heavy (non-hydrogen) atoms. The Balaban J connectivity index is 2.50. The van der Waals surface area contributed by atoms with Crippen LogP contribution in [0.5, 0.6) is 5.75 Å². The average Bonchev–Trinajstić information content (AvgIpc) is 2.39. The molecular formula is C15H23ClN2O2. The normalized spacial score (nSPS) is 12.6. The first-order valence-electron chi connectivity index (χ1n) is 6.65. The van der Waals surface area contributed by atoms with Crippen LogP contribution in [0.1, 0.15) is 37.8 Å². The monoisotopic (exact) mass is 298 g/mol. The van der Waals surface area contributed by atoms with E-state index in [9.17, 15) is 0 Å². The molecule has 0 spiro atoms. The summed E-state index contributed by atoms with van der Waals surface area (Å²) in [4.78, 5) is 0. The smallest absolute Gasteiger partial charge is 0.144 e. The van der Waals surface area contributed by atoms with E-state index in [0.717, 1.165) is 34.7 Å². The highest BCUT2D eigenvalue weighted by atomic mass is 35.5. The van der Waals surface area contributed by atoms with Gasteiger partial charge in [-0.3, -0.25) is 0 Å². The van der Waals surface area contributed by atoms with Crippen LogP contribution >= 0.6 is 11.6 Å². The van der Waals surface area contributed by atoms with Crippen molar-refractivity contribution in [1.29, 1.82) is 0 Å². The van der Waals surface area contributed by atoms with E-state index in [0.29, 0.717) is 6.61 Å². The Hall–Kier alpha value is -1.42. The lowest BCUT2D eigenvalue weighted by molar-refractivity contribution is 0.277. The summed E-state index contributed by atoms with van der Waals surface area (Å²) in [5, 5.41) is 12.6. The highest BCUT2D eigenvalue weighted by molar-refractivity contribution is 6.32. The number of nitrogens with two attached hydrogens (primary N) is 1. The first-order valence-corrected chi connectivity index (χ1v) is 7.03. The van der Waals surface area contributed by atoms with Gasteiger partial charge in [0, 0.05) is 10.4 Å². The second kappa shape index (κ2) is 6.84. The van der Waals surface area contributed by atoms with Gasteiger partial charge in [0.05, 0.1) is 6.61 Å². The van der Waals surface area contributed by atoms with E-state index >= 15 is 0 Å². The topological polar surface area (TPSA) is 67.8 Å². The van der Waals surface area contributed by atoms with Gasteiger partial charge in [0.2, 0.25) is 0 Å². The van der Waals surface area contributed by atoms with Crippen molar-refractivity contribution in [3.63, 3.8) is 0 Å². The average molecular weight is 299 g/mol. The molecule has 0 aliphatic heterocycles. The molecular weight excluding hydrogens is 276 g/mol. The quantitative estimate of drug-likeness (QED) is 0.275. The number of hydrogen-bond donors (Lipinski definition) is 2. The van der Waals surface area contributed by atoms with Gasteiger partial charge in [0.15, 0.2) is 0 Å².